The van der Waals surface area contributed by atoms with Crippen molar-refractivity contribution in [3.05, 3.63) is 35.9 Å². The summed E-state index contributed by atoms with van der Waals surface area (Å²) >= 11 is 0. The highest BCUT2D eigenvalue weighted by Crippen LogP contribution is 2.31. The molecule has 1 N–H and O–H groups in total. The Morgan fingerprint density at radius 3 is 2.52 bits per heavy atom. The second-order valence-electron chi connectivity index (χ2n) is 6.29. The van der Waals surface area contributed by atoms with Gasteiger partial charge in [-0.05, 0) is 11.5 Å². The van der Waals surface area contributed by atoms with Crippen LogP contribution in [0.4, 0.5) is 0 Å². The van der Waals surface area contributed by atoms with E-state index in [-0.39, 0.29) is 18.0 Å². The van der Waals surface area contributed by atoms with Gasteiger partial charge in [0.2, 0.25) is 5.91 Å². The highest BCUT2D eigenvalue weighted by Gasteiger charge is 2.36. The lowest BCUT2D eigenvalue weighted by molar-refractivity contribution is -0.136. The van der Waals surface area contributed by atoms with E-state index in [1.807, 2.05) is 20.2 Å². The third-order valence-corrected chi connectivity index (χ3v) is 4.14. The Kier molecular flexibility index (Phi) is 5.37. The Morgan fingerprint density at radius 2 is 1.95 bits per heavy atom. The van der Waals surface area contributed by atoms with E-state index in [1.54, 1.807) is 4.90 Å². The van der Waals surface area contributed by atoms with Gasteiger partial charge in [0, 0.05) is 39.8 Å². The van der Waals surface area contributed by atoms with Crippen molar-refractivity contribution in [2.75, 3.05) is 33.7 Å². The molecule has 0 spiro atoms. The van der Waals surface area contributed by atoms with E-state index < -0.39 is 0 Å². The molecular formula is C17H27N3O. The maximum Gasteiger partial charge on any atom is 0.240 e. The molecule has 0 aromatic heterocycles. The molecule has 2 atom stereocenters. The van der Waals surface area contributed by atoms with Crippen molar-refractivity contribution in [3.8, 4) is 0 Å². The first kappa shape index (κ1) is 16.0. The van der Waals surface area contributed by atoms with E-state index in [1.165, 1.54) is 5.56 Å². The molecule has 1 aliphatic heterocycles. The van der Waals surface area contributed by atoms with Crippen molar-refractivity contribution in [1.82, 2.24) is 15.1 Å². The third kappa shape index (κ3) is 3.63. The van der Waals surface area contributed by atoms with E-state index in [9.17, 15) is 4.79 Å². The van der Waals surface area contributed by atoms with Crippen LogP contribution in [0.5, 0.6) is 0 Å². The quantitative estimate of drug-likeness (QED) is 0.917. The topological polar surface area (TPSA) is 35.6 Å². The van der Waals surface area contributed by atoms with Crippen LogP contribution in [-0.2, 0) is 4.79 Å². The lowest BCUT2D eigenvalue weighted by atomic mass is 9.92. The summed E-state index contributed by atoms with van der Waals surface area (Å²) < 4.78 is 0. The number of hydrogen-bond donors (Lipinski definition) is 1. The van der Waals surface area contributed by atoms with Gasteiger partial charge in [-0.3, -0.25) is 9.69 Å². The van der Waals surface area contributed by atoms with Crippen molar-refractivity contribution >= 4 is 5.91 Å². The number of nitrogens with one attached hydrogen (secondary N) is 1. The predicted molar refractivity (Wildman–Crippen MR) is 86.1 cm³/mol. The van der Waals surface area contributed by atoms with Crippen LogP contribution in [0.15, 0.2) is 30.3 Å². The summed E-state index contributed by atoms with van der Waals surface area (Å²) in [5, 5.41) is 3.36. The first-order valence-corrected chi connectivity index (χ1v) is 7.75. The Bertz CT molecular complexity index is 458. The molecule has 1 saturated heterocycles. The molecule has 1 heterocycles. The Morgan fingerprint density at radius 1 is 1.29 bits per heavy atom. The first-order chi connectivity index (χ1) is 10.0. The molecule has 21 heavy (non-hydrogen) atoms. The van der Waals surface area contributed by atoms with Crippen molar-refractivity contribution in [1.29, 1.82) is 0 Å². The van der Waals surface area contributed by atoms with Crippen molar-refractivity contribution in [2.24, 2.45) is 5.92 Å². The molecular weight excluding hydrogens is 262 g/mol. The van der Waals surface area contributed by atoms with Crippen LogP contribution < -0.4 is 5.32 Å². The maximum atomic E-state index is 12.5. The third-order valence-electron chi connectivity index (χ3n) is 4.14. The lowest BCUT2D eigenvalue weighted by Gasteiger charge is -2.43. The van der Waals surface area contributed by atoms with Gasteiger partial charge in [0.1, 0.15) is 6.04 Å². The van der Waals surface area contributed by atoms with Crippen LogP contribution >= 0.6 is 0 Å². The molecule has 1 aromatic rings. The minimum Gasteiger partial charge on any atom is -0.347 e. The zero-order valence-corrected chi connectivity index (χ0v) is 13.5. The fourth-order valence-electron chi connectivity index (χ4n) is 3.19. The molecule has 4 nitrogen and oxygen atoms in total. The molecule has 0 aliphatic carbocycles. The molecule has 1 aliphatic rings. The zero-order chi connectivity index (χ0) is 15.4. The number of benzene rings is 1. The summed E-state index contributed by atoms with van der Waals surface area (Å²) in [5.74, 6) is 0.645. The van der Waals surface area contributed by atoms with E-state index in [0.717, 1.165) is 19.6 Å². The van der Waals surface area contributed by atoms with E-state index in [4.69, 9.17) is 0 Å². The summed E-state index contributed by atoms with van der Waals surface area (Å²) in [7, 11) is 3.67. The highest BCUT2D eigenvalue weighted by molar-refractivity contribution is 5.81. The van der Waals surface area contributed by atoms with Gasteiger partial charge in [0.15, 0.2) is 0 Å². The Labute approximate surface area is 128 Å². The van der Waals surface area contributed by atoms with E-state index in [0.29, 0.717) is 5.92 Å². The van der Waals surface area contributed by atoms with Gasteiger partial charge in [-0.15, -0.1) is 0 Å². The second kappa shape index (κ2) is 7.05. The number of amides is 1. The summed E-state index contributed by atoms with van der Waals surface area (Å²) in [6.45, 7) is 7.04. The fraction of sp³-hybridized carbons (Fsp3) is 0.588. The summed E-state index contributed by atoms with van der Waals surface area (Å²) in [4.78, 5) is 16.6. The molecule has 2 unspecified atom stereocenters. The van der Waals surface area contributed by atoms with Crippen LogP contribution in [0.1, 0.15) is 25.5 Å². The largest absolute Gasteiger partial charge is 0.347 e. The predicted octanol–water partition coefficient (Wildman–Crippen LogP) is 1.75. The normalized spacial score (nSPS) is 21.3. The van der Waals surface area contributed by atoms with Crippen molar-refractivity contribution < 1.29 is 4.79 Å². The van der Waals surface area contributed by atoms with Gasteiger partial charge < -0.3 is 10.2 Å². The highest BCUT2D eigenvalue weighted by atomic mass is 16.2. The SMILES string of the molecule is CC(C)C(c1ccccc1)N1CCNCC1C(=O)N(C)C. The first-order valence-electron chi connectivity index (χ1n) is 7.75. The average Bonchev–Trinajstić information content (AvgIpc) is 2.48. The smallest absolute Gasteiger partial charge is 0.240 e. The fourth-order valence-corrected chi connectivity index (χ4v) is 3.19. The zero-order valence-electron chi connectivity index (χ0n) is 13.5. The lowest BCUT2D eigenvalue weighted by Crippen LogP contribution is -2.59. The molecule has 1 fully saturated rings. The maximum absolute atomic E-state index is 12.5. The molecule has 4 heteroatoms. The van der Waals surface area contributed by atoms with Crippen LogP contribution in [0, 0.1) is 5.92 Å². The molecule has 116 valence electrons. The van der Waals surface area contributed by atoms with Gasteiger partial charge >= 0.3 is 0 Å². The van der Waals surface area contributed by atoms with E-state index in [2.05, 4.69) is 48.3 Å². The Hall–Kier alpha value is -1.39. The molecule has 2 rings (SSSR count). The van der Waals surface area contributed by atoms with Gasteiger partial charge in [0.25, 0.3) is 0 Å². The molecule has 1 amide bonds. The van der Waals surface area contributed by atoms with E-state index >= 15 is 0 Å². The molecule has 0 saturated carbocycles. The number of carbonyl (C=O) groups excluding carboxylic acids is 1. The van der Waals surface area contributed by atoms with Gasteiger partial charge in [-0.25, -0.2) is 0 Å². The number of nitrogens with zero attached hydrogens (tertiary/aromatic N) is 2. The monoisotopic (exact) mass is 289 g/mol. The van der Waals surface area contributed by atoms with Crippen molar-refractivity contribution in [2.45, 2.75) is 25.9 Å². The van der Waals surface area contributed by atoms with Gasteiger partial charge in [-0.1, -0.05) is 44.2 Å². The van der Waals surface area contributed by atoms with Gasteiger partial charge in [0.05, 0.1) is 0 Å². The number of rotatable bonds is 4. The number of piperazine rings is 1. The summed E-state index contributed by atoms with van der Waals surface area (Å²) in [5.41, 5.74) is 1.30. The molecule has 1 aromatic carbocycles. The number of likely N-dealkylation sites (N-methyl/N-ethyl adjacent to an activating group) is 1. The standard InChI is InChI=1S/C17H27N3O/c1-13(2)16(14-8-6-5-7-9-14)20-11-10-18-12-15(20)17(21)19(3)4/h5-9,13,15-16,18H,10-12H2,1-4H3. The molecule has 0 bridgehead atoms. The Balaban J connectivity index is 2.30. The minimum atomic E-state index is -0.0821. The van der Waals surface area contributed by atoms with Crippen LogP contribution in [0.25, 0.3) is 0 Å². The van der Waals surface area contributed by atoms with Crippen LogP contribution in [-0.4, -0.2) is 55.5 Å². The minimum absolute atomic E-state index is 0.0821. The summed E-state index contributed by atoms with van der Waals surface area (Å²) in [6, 6.07) is 10.7. The number of hydrogen-bond acceptors (Lipinski definition) is 3. The van der Waals surface area contributed by atoms with Crippen molar-refractivity contribution in [3.63, 3.8) is 0 Å². The van der Waals surface area contributed by atoms with Crippen LogP contribution in [0.2, 0.25) is 0 Å². The second-order valence-corrected chi connectivity index (χ2v) is 6.29. The molecule has 0 radical (unpaired) electrons. The average molecular weight is 289 g/mol. The summed E-state index contributed by atoms with van der Waals surface area (Å²) in [6.07, 6.45) is 0. The van der Waals surface area contributed by atoms with Gasteiger partial charge in [-0.2, -0.15) is 0 Å². The number of carbonyl (C=O) groups is 1. The van der Waals surface area contributed by atoms with Crippen LogP contribution in [0.3, 0.4) is 0 Å².